The van der Waals surface area contributed by atoms with E-state index in [0.717, 1.165) is 15.8 Å². The molecule has 0 aliphatic carbocycles. The summed E-state index contributed by atoms with van der Waals surface area (Å²) in [5.41, 5.74) is 2.16. The Kier molecular flexibility index (Phi) is 1.81. The van der Waals surface area contributed by atoms with Gasteiger partial charge in [0.05, 0.1) is 5.69 Å². The average molecular weight is 258 g/mol. The highest BCUT2D eigenvalue weighted by atomic mass is 127. The largest absolute Gasteiger partial charge is 0.307 e. The van der Waals surface area contributed by atoms with E-state index in [1.807, 2.05) is 28.8 Å². The summed E-state index contributed by atoms with van der Waals surface area (Å²) in [6.45, 7) is 0. The molecular formula is C8H7IN2. The maximum Gasteiger partial charge on any atom is 0.137 e. The molecular weight excluding hydrogens is 251 g/mol. The molecule has 0 fully saturated rings. The summed E-state index contributed by atoms with van der Waals surface area (Å²) in [6.07, 6.45) is 4.07. The summed E-state index contributed by atoms with van der Waals surface area (Å²) in [6, 6.07) is 6.01. The van der Waals surface area contributed by atoms with Crippen molar-refractivity contribution in [1.29, 1.82) is 0 Å². The number of alkyl halides is 1. The molecule has 0 aliphatic rings. The van der Waals surface area contributed by atoms with Crippen molar-refractivity contribution in [2.45, 2.75) is 4.43 Å². The zero-order valence-corrected chi connectivity index (χ0v) is 8.02. The zero-order chi connectivity index (χ0) is 7.68. The zero-order valence-electron chi connectivity index (χ0n) is 5.87. The summed E-state index contributed by atoms with van der Waals surface area (Å²) in [4.78, 5) is 4.39. The Labute approximate surface area is 78.4 Å². The van der Waals surface area contributed by atoms with Crippen LogP contribution in [0.1, 0.15) is 5.69 Å². The predicted octanol–water partition coefficient (Wildman–Crippen LogP) is 2.27. The van der Waals surface area contributed by atoms with Crippen LogP contribution in [0.4, 0.5) is 0 Å². The maximum atomic E-state index is 4.39. The van der Waals surface area contributed by atoms with Gasteiger partial charge in [-0.05, 0) is 12.1 Å². The van der Waals surface area contributed by atoms with Crippen molar-refractivity contribution in [2.75, 3.05) is 0 Å². The van der Waals surface area contributed by atoms with Crippen LogP contribution in [0, 0.1) is 0 Å². The highest BCUT2D eigenvalue weighted by Gasteiger charge is 1.96. The van der Waals surface area contributed by atoms with E-state index >= 15 is 0 Å². The van der Waals surface area contributed by atoms with Gasteiger partial charge in [-0.15, -0.1) is 0 Å². The van der Waals surface area contributed by atoms with Gasteiger partial charge in [-0.25, -0.2) is 4.98 Å². The first-order valence-corrected chi connectivity index (χ1v) is 4.91. The van der Waals surface area contributed by atoms with Gasteiger partial charge < -0.3 is 4.40 Å². The van der Waals surface area contributed by atoms with Crippen molar-refractivity contribution in [1.82, 2.24) is 9.38 Å². The molecule has 0 aromatic carbocycles. The summed E-state index contributed by atoms with van der Waals surface area (Å²) in [5.74, 6) is 0. The number of halogens is 1. The Morgan fingerprint density at radius 1 is 1.45 bits per heavy atom. The number of rotatable bonds is 1. The van der Waals surface area contributed by atoms with Crippen LogP contribution in [0.2, 0.25) is 0 Å². The smallest absolute Gasteiger partial charge is 0.137 e. The SMILES string of the molecule is ICc1cn2ccccc2n1. The van der Waals surface area contributed by atoms with Crippen LogP contribution in [-0.4, -0.2) is 9.38 Å². The lowest BCUT2D eigenvalue weighted by atomic mass is 10.5. The number of aromatic nitrogens is 2. The molecule has 0 atom stereocenters. The van der Waals surface area contributed by atoms with Gasteiger partial charge in [0.1, 0.15) is 5.65 Å². The van der Waals surface area contributed by atoms with Crippen LogP contribution in [0.15, 0.2) is 30.6 Å². The van der Waals surface area contributed by atoms with E-state index < -0.39 is 0 Å². The van der Waals surface area contributed by atoms with Crippen LogP contribution >= 0.6 is 22.6 Å². The van der Waals surface area contributed by atoms with Crippen LogP contribution in [0.5, 0.6) is 0 Å². The van der Waals surface area contributed by atoms with Gasteiger partial charge in [-0.2, -0.15) is 0 Å². The van der Waals surface area contributed by atoms with E-state index in [0.29, 0.717) is 0 Å². The molecule has 0 saturated carbocycles. The quantitative estimate of drug-likeness (QED) is 0.566. The second-order valence-electron chi connectivity index (χ2n) is 2.33. The minimum atomic E-state index is 0.972. The molecule has 2 rings (SSSR count). The van der Waals surface area contributed by atoms with Crippen molar-refractivity contribution < 1.29 is 0 Å². The first-order valence-electron chi connectivity index (χ1n) is 3.39. The molecule has 11 heavy (non-hydrogen) atoms. The normalized spacial score (nSPS) is 10.6. The topological polar surface area (TPSA) is 17.3 Å². The molecule has 0 amide bonds. The third-order valence-electron chi connectivity index (χ3n) is 1.55. The van der Waals surface area contributed by atoms with Gasteiger partial charge in [0.2, 0.25) is 0 Å². The Balaban J connectivity index is 2.69. The molecule has 0 N–H and O–H groups in total. The van der Waals surface area contributed by atoms with Gasteiger partial charge in [0.25, 0.3) is 0 Å². The van der Waals surface area contributed by atoms with Gasteiger partial charge >= 0.3 is 0 Å². The average Bonchev–Trinajstić information content (AvgIpc) is 2.46. The molecule has 0 bridgehead atoms. The third kappa shape index (κ3) is 1.24. The van der Waals surface area contributed by atoms with Crippen molar-refractivity contribution >= 4 is 28.2 Å². The van der Waals surface area contributed by atoms with Crippen molar-refractivity contribution in [2.24, 2.45) is 0 Å². The summed E-state index contributed by atoms with van der Waals surface area (Å²) < 4.78 is 3.01. The summed E-state index contributed by atoms with van der Waals surface area (Å²) in [7, 11) is 0. The van der Waals surface area contributed by atoms with Crippen molar-refractivity contribution in [3.63, 3.8) is 0 Å². The minimum Gasteiger partial charge on any atom is -0.307 e. The van der Waals surface area contributed by atoms with E-state index in [4.69, 9.17) is 0 Å². The van der Waals surface area contributed by atoms with Crippen LogP contribution in [0.25, 0.3) is 5.65 Å². The number of imidazole rings is 1. The van der Waals surface area contributed by atoms with Crippen LogP contribution in [-0.2, 0) is 4.43 Å². The summed E-state index contributed by atoms with van der Waals surface area (Å²) >= 11 is 2.31. The minimum absolute atomic E-state index is 0.972. The molecule has 0 radical (unpaired) electrons. The second kappa shape index (κ2) is 2.81. The van der Waals surface area contributed by atoms with Crippen molar-refractivity contribution in [3.8, 4) is 0 Å². The molecule has 3 heteroatoms. The van der Waals surface area contributed by atoms with Crippen molar-refractivity contribution in [3.05, 3.63) is 36.3 Å². The first kappa shape index (κ1) is 7.09. The Morgan fingerprint density at radius 3 is 3.09 bits per heavy atom. The number of pyridine rings is 1. The molecule has 2 aromatic heterocycles. The van der Waals surface area contributed by atoms with E-state index in [1.54, 1.807) is 0 Å². The monoisotopic (exact) mass is 258 g/mol. The highest BCUT2D eigenvalue weighted by molar-refractivity contribution is 14.1. The van der Waals surface area contributed by atoms with E-state index in [9.17, 15) is 0 Å². The second-order valence-corrected chi connectivity index (χ2v) is 3.09. The fraction of sp³-hybridized carbons (Fsp3) is 0.125. The van der Waals surface area contributed by atoms with E-state index in [1.165, 1.54) is 0 Å². The molecule has 2 heterocycles. The fourth-order valence-electron chi connectivity index (χ4n) is 1.05. The molecule has 2 aromatic rings. The lowest BCUT2D eigenvalue weighted by Gasteiger charge is -1.86. The number of hydrogen-bond acceptors (Lipinski definition) is 1. The first-order chi connectivity index (χ1) is 5.40. The van der Waals surface area contributed by atoms with Gasteiger partial charge in [0.15, 0.2) is 0 Å². The lowest BCUT2D eigenvalue weighted by molar-refractivity contribution is 1.18. The molecule has 0 saturated heterocycles. The Bertz CT molecular complexity index is 334. The Hall–Kier alpha value is -0.580. The third-order valence-corrected chi connectivity index (χ3v) is 2.33. The number of hydrogen-bond donors (Lipinski definition) is 0. The fourth-order valence-corrected chi connectivity index (χ4v) is 1.42. The molecule has 56 valence electrons. The maximum absolute atomic E-state index is 4.39. The van der Waals surface area contributed by atoms with E-state index in [2.05, 4.69) is 33.8 Å². The standard InChI is InChI=1S/C8H7IN2/c9-5-7-6-11-4-2-1-3-8(11)10-7/h1-4,6H,5H2. The van der Waals surface area contributed by atoms with Gasteiger partial charge in [-0.1, -0.05) is 28.7 Å². The highest BCUT2D eigenvalue weighted by Crippen LogP contribution is 2.07. The predicted molar refractivity (Wildman–Crippen MR) is 52.9 cm³/mol. The molecule has 0 aliphatic heterocycles. The summed E-state index contributed by atoms with van der Waals surface area (Å²) in [5, 5.41) is 0. The number of nitrogens with zero attached hydrogens (tertiary/aromatic N) is 2. The van der Waals surface area contributed by atoms with Crippen LogP contribution in [0.3, 0.4) is 0 Å². The van der Waals surface area contributed by atoms with Crippen LogP contribution < -0.4 is 0 Å². The van der Waals surface area contributed by atoms with Gasteiger partial charge in [0, 0.05) is 16.8 Å². The number of fused-ring (bicyclic) bond motifs is 1. The van der Waals surface area contributed by atoms with Gasteiger partial charge in [-0.3, -0.25) is 0 Å². The Morgan fingerprint density at radius 2 is 2.36 bits per heavy atom. The van der Waals surface area contributed by atoms with E-state index in [-0.39, 0.29) is 0 Å². The lowest BCUT2D eigenvalue weighted by Crippen LogP contribution is -1.77. The molecule has 0 unspecified atom stereocenters. The molecule has 2 nitrogen and oxygen atoms in total. The molecule has 0 spiro atoms.